The van der Waals surface area contributed by atoms with Gasteiger partial charge in [-0.15, -0.1) is 0 Å². The van der Waals surface area contributed by atoms with Crippen molar-refractivity contribution in [2.24, 2.45) is 0 Å². The maximum atomic E-state index is 12.5. The molecule has 142 valence electrons. The van der Waals surface area contributed by atoms with Crippen molar-refractivity contribution in [3.05, 3.63) is 52.6 Å². The summed E-state index contributed by atoms with van der Waals surface area (Å²) in [7, 11) is -3.75. The zero-order valence-corrected chi connectivity index (χ0v) is 15.9. The molecule has 0 aromatic heterocycles. The maximum Gasteiger partial charge on any atom is 0.241 e. The highest BCUT2D eigenvalue weighted by Crippen LogP contribution is 2.38. The highest BCUT2D eigenvalue weighted by molar-refractivity contribution is 7.89. The van der Waals surface area contributed by atoms with E-state index in [1.54, 1.807) is 0 Å². The van der Waals surface area contributed by atoms with Crippen LogP contribution in [0.2, 0.25) is 0 Å². The van der Waals surface area contributed by atoms with Gasteiger partial charge in [-0.05, 0) is 85.0 Å². The second-order valence-electron chi connectivity index (χ2n) is 7.18. The van der Waals surface area contributed by atoms with Crippen molar-refractivity contribution in [1.29, 1.82) is 0 Å². The third-order valence-electron chi connectivity index (χ3n) is 5.35. The molecule has 0 aliphatic heterocycles. The van der Waals surface area contributed by atoms with Crippen molar-refractivity contribution in [2.45, 2.75) is 43.4 Å². The van der Waals surface area contributed by atoms with E-state index in [4.69, 9.17) is 5.73 Å². The largest absolute Gasteiger partial charge is 0.399 e. The molecule has 0 unspecified atom stereocenters. The van der Waals surface area contributed by atoms with Gasteiger partial charge in [0.1, 0.15) is 0 Å². The van der Waals surface area contributed by atoms with E-state index >= 15 is 0 Å². The first-order valence-corrected chi connectivity index (χ1v) is 10.7. The highest BCUT2D eigenvalue weighted by atomic mass is 32.2. The quantitative estimate of drug-likeness (QED) is 0.687. The molecule has 2 aliphatic rings. The summed E-state index contributed by atoms with van der Waals surface area (Å²) in [6, 6.07) is 8.18. The highest BCUT2D eigenvalue weighted by Gasteiger charge is 2.25. The number of amides is 1. The Balaban J connectivity index is 1.49. The first-order valence-electron chi connectivity index (χ1n) is 9.25. The number of benzene rings is 2. The standard InChI is InChI=1S/C20H23N3O3S/c21-15-7-9-16(10-8-15)27(25,26)22-12-19(24)23-20-17-5-1-3-13(17)11-14-4-2-6-18(14)20/h7-11,22H,1-6,12,21H2,(H,23,24). The minimum absolute atomic E-state index is 0.0889. The van der Waals surface area contributed by atoms with Crippen LogP contribution in [-0.4, -0.2) is 20.9 Å². The van der Waals surface area contributed by atoms with E-state index in [1.807, 2.05) is 0 Å². The minimum Gasteiger partial charge on any atom is -0.399 e. The fraction of sp³-hybridized carbons (Fsp3) is 0.350. The SMILES string of the molecule is Nc1ccc(S(=O)(=O)NCC(=O)Nc2c3c(cc4c2CCC4)CCC3)cc1. The molecule has 0 saturated carbocycles. The predicted molar refractivity (Wildman–Crippen MR) is 105 cm³/mol. The molecule has 2 aliphatic carbocycles. The molecule has 2 aromatic carbocycles. The molecule has 4 N–H and O–H groups in total. The summed E-state index contributed by atoms with van der Waals surface area (Å²) in [4.78, 5) is 12.6. The summed E-state index contributed by atoms with van der Waals surface area (Å²) < 4.78 is 27.1. The number of carbonyl (C=O) groups is 1. The lowest BCUT2D eigenvalue weighted by Gasteiger charge is -2.16. The van der Waals surface area contributed by atoms with Gasteiger partial charge in [0.25, 0.3) is 0 Å². The number of rotatable bonds is 5. The molecule has 0 saturated heterocycles. The molecular formula is C20H23N3O3S. The van der Waals surface area contributed by atoms with Crippen LogP contribution in [0.5, 0.6) is 0 Å². The average Bonchev–Trinajstić information content (AvgIpc) is 3.29. The Morgan fingerprint density at radius 3 is 2.15 bits per heavy atom. The van der Waals surface area contributed by atoms with Gasteiger partial charge in [-0.1, -0.05) is 6.07 Å². The van der Waals surface area contributed by atoms with E-state index in [-0.39, 0.29) is 17.3 Å². The van der Waals surface area contributed by atoms with Gasteiger partial charge < -0.3 is 11.1 Å². The summed E-state index contributed by atoms with van der Waals surface area (Å²) in [6.45, 7) is -0.300. The topological polar surface area (TPSA) is 101 Å². The Morgan fingerprint density at radius 1 is 0.963 bits per heavy atom. The van der Waals surface area contributed by atoms with E-state index in [0.717, 1.165) is 44.2 Å². The molecule has 2 aromatic rings. The van der Waals surface area contributed by atoms with Crippen LogP contribution in [-0.2, 0) is 40.5 Å². The zero-order chi connectivity index (χ0) is 19.0. The molecule has 0 atom stereocenters. The second kappa shape index (κ2) is 6.98. The van der Waals surface area contributed by atoms with E-state index < -0.39 is 10.0 Å². The third-order valence-corrected chi connectivity index (χ3v) is 6.77. The van der Waals surface area contributed by atoms with Gasteiger partial charge in [-0.2, -0.15) is 0 Å². The van der Waals surface area contributed by atoms with Crippen molar-refractivity contribution < 1.29 is 13.2 Å². The number of nitrogens with two attached hydrogens (primary N) is 1. The summed E-state index contributed by atoms with van der Waals surface area (Å²) >= 11 is 0. The van der Waals surface area contributed by atoms with Crippen molar-refractivity contribution in [2.75, 3.05) is 17.6 Å². The first-order chi connectivity index (χ1) is 12.9. The molecule has 0 bridgehead atoms. The van der Waals surface area contributed by atoms with Gasteiger partial charge in [-0.25, -0.2) is 13.1 Å². The second-order valence-corrected chi connectivity index (χ2v) is 8.94. The van der Waals surface area contributed by atoms with Crippen LogP contribution in [0, 0.1) is 0 Å². The third kappa shape index (κ3) is 3.57. The van der Waals surface area contributed by atoms with Crippen molar-refractivity contribution in [3.8, 4) is 0 Å². The van der Waals surface area contributed by atoms with Gasteiger partial charge in [-0.3, -0.25) is 4.79 Å². The Labute approximate surface area is 159 Å². The smallest absolute Gasteiger partial charge is 0.241 e. The molecule has 4 rings (SSSR count). The predicted octanol–water partition coefficient (Wildman–Crippen LogP) is 2.16. The van der Waals surface area contributed by atoms with Crippen molar-refractivity contribution in [3.63, 3.8) is 0 Å². The molecule has 1 amide bonds. The Kier molecular flexibility index (Phi) is 4.65. The van der Waals surface area contributed by atoms with Gasteiger partial charge >= 0.3 is 0 Å². The van der Waals surface area contributed by atoms with Crippen LogP contribution in [0.3, 0.4) is 0 Å². The Morgan fingerprint density at radius 2 is 1.56 bits per heavy atom. The van der Waals surface area contributed by atoms with Crippen LogP contribution in [0.15, 0.2) is 35.2 Å². The molecule has 0 radical (unpaired) electrons. The Bertz CT molecular complexity index is 966. The number of nitrogens with one attached hydrogen (secondary N) is 2. The van der Waals surface area contributed by atoms with E-state index in [1.165, 1.54) is 46.5 Å². The summed E-state index contributed by atoms with van der Waals surface area (Å²) in [5.74, 6) is -0.344. The minimum atomic E-state index is -3.75. The number of sulfonamides is 1. The van der Waals surface area contributed by atoms with Crippen LogP contribution in [0.25, 0.3) is 0 Å². The molecule has 6 nitrogen and oxygen atoms in total. The number of fused-ring (bicyclic) bond motifs is 2. The van der Waals surface area contributed by atoms with Crippen molar-refractivity contribution >= 4 is 27.3 Å². The fourth-order valence-electron chi connectivity index (χ4n) is 4.04. The van der Waals surface area contributed by atoms with Gasteiger partial charge in [0.2, 0.25) is 15.9 Å². The van der Waals surface area contributed by atoms with Crippen LogP contribution in [0.1, 0.15) is 35.1 Å². The van der Waals surface area contributed by atoms with Gasteiger partial charge in [0, 0.05) is 11.4 Å². The van der Waals surface area contributed by atoms with Crippen LogP contribution < -0.4 is 15.8 Å². The first kappa shape index (κ1) is 18.0. The number of carbonyl (C=O) groups excluding carboxylic acids is 1. The lowest BCUT2D eigenvalue weighted by Crippen LogP contribution is -2.33. The fourth-order valence-corrected chi connectivity index (χ4v) is 5.02. The number of anilines is 2. The van der Waals surface area contributed by atoms with Crippen LogP contribution >= 0.6 is 0 Å². The number of nitrogen functional groups attached to an aromatic ring is 1. The monoisotopic (exact) mass is 385 g/mol. The average molecular weight is 385 g/mol. The van der Waals surface area contributed by atoms with E-state index in [2.05, 4.69) is 16.1 Å². The van der Waals surface area contributed by atoms with E-state index in [9.17, 15) is 13.2 Å². The lowest BCUT2D eigenvalue weighted by molar-refractivity contribution is -0.115. The van der Waals surface area contributed by atoms with Crippen molar-refractivity contribution in [1.82, 2.24) is 4.72 Å². The van der Waals surface area contributed by atoms with Crippen LogP contribution in [0.4, 0.5) is 11.4 Å². The maximum absolute atomic E-state index is 12.5. The summed E-state index contributed by atoms with van der Waals surface area (Å²) in [6.07, 6.45) is 6.24. The normalized spacial score (nSPS) is 15.4. The number of hydrogen-bond acceptors (Lipinski definition) is 4. The number of aryl methyl sites for hydroxylation is 2. The molecule has 27 heavy (non-hydrogen) atoms. The van der Waals surface area contributed by atoms with E-state index in [0.29, 0.717) is 5.69 Å². The number of hydrogen-bond donors (Lipinski definition) is 3. The molecule has 0 fully saturated rings. The summed E-state index contributed by atoms with van der Waals surface area (Å²) in [5, 5.41) is 2.99. The molecule has 0 spiro atoms. The Hall–Kier alpha value is -2.38. The zero-order valence-electron chi connectivity index (χ0n) is 15.0. The summed E-state index contributed by atoms with van der Waals surface area (Å²) in [5.41, 5.74) is 12.1. The molecule has 7 heteroatoms. The molecular weight excluding hydrogens is 362 g/mol. The molecule has 0 heterocycles. The van der Waals surface area contributed by atoms with Gasteiger partial charge in [0.15, 0.2) is 0 Å². The lowest BCUT2D eigenvalue weighted by atomic mass is 9.98. The van der Waals surface area contributed by atoms with Gasteiger partial charge in [0.05, 0.1) is 11.4 Å².